The Morgan fingerprint density at radius 1 is 1.32 bits per heavy atom. The fourth-order valence-electron chi connectivity index (χ4n) is 3.16. The number of nitrogens with zero attached hydrogens (tertiary/aromatic N) is 1. The zero-order chi connectivity index (χ0) is 19.7. The summed E-state index contributed by atoms with van der Waals surface area (Å²) in [6.07, 6.45) is 0.876. The van der Waals surface area contributed by atoms with E-state index in [4.69, 9.17) is 14.0 Å². The van der Waals surface area contributed by atoms with E-state index in [1.807, 2.05) is 19.9 Å². The molecular formula is C21H19FN2O4. The van der Waals surface area contributed by atoms with E-state index >= 15 is 0 Å². The Kier molecular flexibility index (Phi) is 4.73. The van der Waals surface area contributed by atoms with Crippen LogP contribution in [0.2, 0.25) is 0 Å². The lowest BCUT2D eigenvalue weighted by Crippen LogP contribution is -2.12. The lowest BCUT2D eigenvalue weighted by atomic mass is 10.1. The second-order valence-electron chi connectivity index (χ2n) is 6.56. The second-order valence-corrected chi connectivity index (χ2v) is 6.56. The standard InChI is InChI=1S/C21H19FN2O4/c1-3-26-19-9-14-7-12(2)27-18(14)11-17(19)23-21(25)20-10-16(24-28-20)13-5-4-6-15(22)8-13/h4-6,8-12H,3,7H2,1-2H3,(H,23,25). The van der Waals surface area contributed by atoms with E-state index in [1.54, 1.807) is 18.2 Å². The molecule has 0 saturated carbocycles. The minimum Gasteiger partial charge on any atom is -0.492 e. The van der Waals surface area contributed by atoms with Crippen LogP contribution in [0.15, 0.2) is 47.0 Å². The summed E-state index contributed by atoms with van der Waals surface area (Å²) in [7, 11) is 0. The molecule has 4 rings (SSSR count). The average molecular weight is 382 g/mol. The van der Waals surface area contributed by atoms with Crippen molar-refractivity contribution in [1.82, 2.24) is 5.16 Å². The lowest BCUT2D eigenvalue weighted by Gasteiger charge is -2.12. The highest BCUT2D eigenvalue weighted by atomic mass is 19.1. The summed E-state index contributed by atoms with van der Waals surface area (Å²) in [6, 6.07) is 11.0. The second kappa shape index (κ2) is 7.34. The fraction of sp³-hybridized carbons (Fsp3) is 0.238. The quantitative estimate of drug-likeness (QED) is 0.705. The third-order valence-corrected chi connectivity index (χ3v) is 4.40. The minimum atomic E-state index is -0.484. The van der Waals surface area contributed by atoms with Crippen LogP contribution in [0.3, 0.4) is 0 Å². The Labute approximate surface area is 161 Å². The van der Waals surface area contributed by atoms with Crippen molar-refractivity contribution in [3.05, 3.63) is 59.6 Å². The molecule has 1 N–H and O–H groups in total. The van der Waals surface area contributed by atoms with Gasteiger partial charge in [-0.05, 0) is 32.0 Å². The predicted octanol–water partition coefficient (Wildman–Crippen LogP) is 4.46. The third-order valence-electron chi connectivity index (χ3n) is 4.40. The maximum Gasteiger partial charge on any atom is 0.294 e. The molecule has 7 heteroatoms. The molecule has 0 radical (unpaired) electrons. The van der Waals surface area contributed by atoms with Gasteiger partial charge < -0.3 is 19.3 Å². The summed E-state index contributed by atoms with van der Waals surface area (Å²) >= 11 is 0. The highest BCUT2D eigenvalue weighted by Crippen LogP contribution is 2.38. The first-order valence-corrected chi connectivity index (χ1v) is 9.04. The van der Waals surface area contributed by atoms with Crippen LogP contribution >= 0.6 is 0 Å². The smallest absolute Gasteiger partial charge is 0.294 e. The van der Waals surface area contributed by atoms with Crippen molar-refractivity contribution < 1.29 is 23.2 Å². The molecule has 0 spiro atoms. The molecule has 1 aliphatic rings. The van der Waals surface area contributed by atoms with E-state index in [0.29, 0.717) is 29.3 Å². The van der Waals surface area contributed by atoms with E-state index < -0.39 is 5.91 Å². The molecule has 1 aliphatic heterocycles. The zero-order valence-electron chi connectivity index (χ0n) is 15.5. The van der Waals surface area contributed by atoms with Crippen LogP contribution in [-0.2, 0) is 6.42 Å². The zero-order valence-corrected chi connectivity index (χ0v) is 15.5. The van der Waals surface area contributed by atoms with Crippen molar-refractivity contribution in [2.75, 3.05) is 11.9 Å². The van der Waals surface area contributed by atoms with Gasteiger partial charge in [-0.15, -0.1) is 0 Å². The van der Waals surface area contributed by atoms with Crippen molar-refractivity contribution in [3.8, 4) is 22.8 Å². The van der Waals surface area contributed by atoms with E-state index in [1.165, 1.54) is 18.2 Å². The fourth-order valence-corrected chi connectivity index (χ4v) is 3.16. The molecule has 3 aromatic rings. The normalized spacial score (nSPS) is 15.0. The van der Waals surface area contributed by atoms with Crippen LogP contribution in [0.5, 0.6) is 11.5 Å². The van der Waals surface area contributed by atoms with Crippen LogP contribution in [0.4, 0.5) is 10.1 Å². The Hall–Kier alpha value is -3.35. The molecule has 2 aromatic carbocycles. The number of halogens is 1. The summed E-state index contributed by atoms with van der Waals surface area (Å²) in [5.41, 5.74) is 2.43. The Morgan fingerprint density at radius 3 is 2.96 bits per heavy atom. The van der Waals surface area contributed by atoms with Gasteiger partial charge in [0.2, 0.25) is 5.76 Å². The summed E-state index contributed by atoms with van der Waals surface area (Å²) in [5.74, 6) is 0.431. The topological polar surface area (TPSA) is 73.6 Å². The Morgan fingerprint density at radius 2 is 2.18 bits per heavy atom. The number of amides is 1. The largest absolute Gasteiger partial charge is 0.492 e. The maximum absolute atomic E-state index is 13.4. The van der Waals surface area contributed by atoms with Crippen molar-refractivity contribution in [1.29, 1.82) is 0 Å². The number of rotatable bonds is 5. The summed E-state index contributed by atoms with van der Waals surface area (Å²) < 4.78 is 30.0. The van der Waals surface area contributed by atoms with E-state index in [-0.39, 0.29) is 17.7 Å². The molecule has 1 unspecified atom stereocenters. The number of benzene rings is 2. The van der Waals surface area contributed by atoms with Gasteiger partial charge in [-0.1, -0.05) is 17.3 Å². The van der Waals surface area contributed by atoms with Gasteiger partial charge in [0.1, 0.15) is 29.1 Å². The van der Waals surface area contributed by atoms with Gasteiger partial charge >= 0.3 is 0 Å². The molecule has 1 amide bonds. The van der Waals surface area contributed by atoms with Gasteiger partial charge in [0.25, 0.3) is 5.91 Å². The first kappa shape index (κ1) is 18.0. The van der Waals surface area contributed by atoms with Crippen molar-refractivity contribution >= 4 is 11.6 Å². The summed E-state index contributed by atoms with van der Waals surface area (Å²) in [6.45, 7) is 4.32. The first-order valence-electron chi connectivity index (χ1n) is 9.04. The predicted molar refractivity (Wildman–Crippen MR) is 101 cm³/mol. The number of hydrogen-bond acceptors (Lipinski definition) is 5. The Balaban J connectivity index is 1.58. The highest BCUT2D eigenvalue weighted by Gasteiger charge is 2.23. The Bertz CT molecular complexity index is 1030. The highest BCUT2D eigenvalue weighted by molar-refractivity contribution is 6.03. The number of fused-ring (bicyclic) bond motifs is 1. The van der Waals surface area contributed by atoms with Crippen LogP contribution in [0.25, 0.3) is 11.3 Å². The van der Waals surface area contributed by atoms with Crippen LogP contribution in [0.1, 0.15) is 30.0 Å². The molecule has 1 atom stereocenters. The summed E-state index contributed by atoms with van der Waals surface area (Å²) in [5, 5.41) is 6.64. The van der Waals surface area contributed by atoms with Gasteiger partial charge in [0.05, 0.1) is 12.3 Å². The molecule has 1 aromatic heterocycles. The number of ether oxygens (including phenoxy) is 2. The molecule has 0 fully saturated rings. The van der Waals surface area contributed by atoms with E-state index in [2.05, 4.69) is 10.5 Å². The van der Waals surface area contributed by atoms with Gasteiger partial charge in [-0.3, -0.25) is 4.79 Å². The van der Waals surface area contributed by atoms with Gasteiger partial charge in [-0.25, -0.2) is 4.39 Å². The molecule has 6 nitrogen and oxygen atoms in total. The van der Waals surface area contributed by atoms with Gasteiger partial charge in [-0.2, -0.15) is 0 Å². The van der Waals surface area contributed by atoms with Crippen molar-refractivity contribution in [2.24, 2.45) is 0 Å². The molecular weight excluding hydrogens is 363 g/mol. The third kappa shape index (κ3) is 3.55. The number of aromatic nitrogens is 1. The first-order chi connectivity index (χ1) is 13.5. The van der Waals surface area contributed by atoms with Gasteiger partial charge in [0, 0.05) is 29.7 Å². The van der Waals surface area contributed by atoms with Crippen molar-refractivity contribution in [3.63, 3.8) is 0 Å². The van der Waals surface area contributed by atoms with Gasteiger partial charge in [0.15, 0.2) is 0 Å². The number of anilines is 1. The van der Waals surface area contributed by atoms with E-state index in [0.717, 1.165) is 17.7 Å². The van der Waals surface area contributed by atoms with Crippen LogP contribution < -0.4 is 14.8 Å². The van der Waals surface area contributed by atoms with Crippen LogP contribution in [0, 0.1) is 5.82 Å². The number of nitrogens with one attached hydrogen (secondary N) is 1. The molecule has 0 aliphatic carbocycles. The number of carbonyl (C=O) groups is 1. The summed E-state index contributed by atoms with van der Waals surface area (Å²) in [4.78, 5) is 12.6. The molecule has 0 saturated heterocycles. The number of hydrogen-bond donors (Lipinski definition) is 1. The maximum atomic E-state index is 13.4. The molecule has 2 heterocycles. The number of carbonyl (C=O) groups excluding carboxylic acids is 1. The molecule has 0 bridgehead atoms. The minimum absolute atomic E-state index is 0.0106. The average Bonchev–Trinajstić information content (AvgIpc) is 3.28. The monoisotopic (exact) mass is 382 g/mol. The van der Waals surface area contributed by atoms with Crippen molar-refractivity contribution in [2.45, 2.75) is 26.4 Å². The van der Waals surface area contributed by atoms with E-state index in [9.17, 15) is 9.18 Å². The molecule has 144 valence electrons. The molecule has 28 heavy (non-hydrogen) atoms. The SMILES string of the molecule is CCOc1cc2c(cc1NC(=O)c1cc(-c3cccc(F)c3)no1)OC(C)C2. The lowest BCUT2D eigenvalue weighted by molar-refractivity contribution is 0.0987. The van der Waals surface area contributed by atoms with Crippen LogP contribution in [-0.4, -0.2) is 23.8 Å².